The van der Waals surface area contributed by atoms with Crippen LogP contribution in [-0.4, -0.2) is 9.78 Å². The van der Waals surface area contributed by atoms with Crippen molar-refractivity contribution in [2.24, 2.45) is 0 Å². The van der Waals surface area contributed by atoms with Crippen molar-refractivity contribution in [1.29, 1.82) is 0 Å². The number of alkyl halides is 1. The van der Waals surface area contributed by atoms with Gasteiger partial charge in [-0.2, -0.15) is 5.10 Å². The molecule has 0 aliphatic carbocycles. The van der Waals surface area contributed by atoms with Gasteiger partial charge < -0.3 is 0 Å². The molecule has 0 radical (unpaired) electrons. The lowest BCUT2D eigenvalue weighted by Crippen LogP contribution is -1.98. The second-order valence-corrected chi connectivity index (χ2v) is 4.54. The molecule has 2 aromatic rings. The Balaban J connectivity index is 2.51. The number of aromatic nitrogens is 2. The minimum Gasteiger partial charge on any atom is -0.240 e. The summed E-state index contributed by atoms with van der Waals surface area (Å²) in [6, 6.07) is 6.15. The molecule has 0 bridgehead atoms. The molecule has 0 aliphatic heterocycles. The van der Waals surface area contributed by atoms with Crippen LogP contribution in [0.3, 0.4) is 0 Å². The molecule has 4 heteroatoms. The summed E-state index contributed by atoms with van der Waals surface area (Å²) < 4.78 is 2.81. The van der Waals surface area contributed by atoms with Gasteiger partial charge in [-0.15, -0.1) is 11.6 Å². The van der Waals surface area contributed by atoms with E-state index in [2.05, 4.69) is 40.1 Å². The minimum absolute atomic E-state index is 0.524. The summed E-state index contributed by atoms with van der Waals surface area (Å²) in [6.45, 7) is 2.06. The first kappa shape index (κ1) is 10.7. The summed E-state index contributed by atoms with van der Waals surface area (Å²) in [5.74, 6) is 0.524. The van der Waals surface area contributed by atoms with Crippen LogP contribution >= 0.6 is 27.5 Å². The van der Waals surface area contributed by atoms with Crippen molar-refractivity contribution in [2.75, 3.05) is 0 Å². The van der Waals surface area contributed by atoms with Gasteiger partial charge in [0.25, 0.3) is 0 Å². The van der Waals surface area contributed by atoms with Crippen LogP contribution in [0.1, 0.15) is 11.1 Å². The summed E-state index contributed by atoms with van der Waals surface area (Å²) in [6.07, 6.45) is 3.70. The molecule has 78 valence electrons. The van der Waals surface area contributed by atoms with Crippen LogP contribution in [0.5, 0.6) is 0 Å². The number of hydrogen-bond donors (Lipinski definition) is 0. The largest absolute Gasteiger partial charge is 0.240 e. The van der Waals surface area contributed by atoms with Crippen molar-refractivity contribution in [3.63, 3.8) is 0 Å². The highest BCUT2D eigenvalue weighted by atomic mass is 79.9. The quantitative estimate of drug-likeness (QED) is 0.770. The smallest absolute Gasteiger partial charge is 0.0678 e. The zero-order valence-corrected chi connectivity index (χ0v) is 10.6. The van der Waals surface area contributed by atoms with Crippen LogP contribution in [0.4, 0.5) is 0 Å². The third kappa shape index (κ3) is 2.24. The molecule has 0 fully saturated rings. The van der Waals surface area contributed by atoms with E-state index in [0.717, 1.165) is 15.7 Å². The molecule has 0 saturated carbocycles. The Morgan fingerprint density at radius 2 is 2.27 bits per heavy atom. The summed E-state index contributed by atoms with van der Waals surface area (Å²) in [4.78, 5) is 0. The summed E-state index contributed by atoms with van der Waals surface area (Å²) in [5.41, 5.74) is 3.35. The molecule has 1 aromatic carbocycles. The molecule has 0 atom stereocenters. The third-order valence-electron chi connectivity index (χ3n) is 2.23. The summed E-state index contributed by atoms with van der Waals surface area (Å²) >= 11 is 9.19. The fourth-order valence-electron chi connectivity index (χ4n) is 1.42. The van der Waals surface area contributed by atoms with Crippen LogP contribution in [0, 0.1) is 6.92 Å². The van der Waals surface area contributed by atoms with Gasteiger partial charge in [0.1, 0.15) is 0 Å². The molecule has 0 unspecified atom stereocenters. The average Bonchev–Trinajstić information content (AvgIpc) is 2.65. The fourth-order valence-corrected chi connectivity index (χ4v) is 1.87. The number of halogens is 2. The first-order valence-electron chi connectivity index (χ1n) is 4.57. The lowest BCUT2D eigenvalue weighted by Gasteiger charge is -2.07. The van der Waals surface area contributed by atoms with E-state index in [9.17, 15) is 0 Å². The molecule has 2 nitrogen and oxygen atoms in total. The number of rotatable bonds is 2. The maximum atomic E-state index is 5.80. The topological polar surface area (TPSA) is 17.8 Å². The van der Waals surface area contributed by atoms with Gasteiger partial charge in [0, 0.05) is 12.1 Å². The van der Waals surface area contributed by atoms with Gasteiger partial charge in [0.15, 0.2) is 0 Å². The molecule has 15 heavy (non-hydrogen) atoms. The summed E-state index contributed by atoms with van der Waals surface area (Å²) in [5, 5.41) is 4.25. The molecule has 0 spiro atoms. The van der Waals surface area contributed by atoms with Crippen molar-refractivity contribution < 1.29 is 0 Å². The van der Waals surface area contributed by atoms with Crippen molar-refractivity contribution in [3.8, 4) is 5.69 Å². The first-order chi connectivity index (χ1) is 7.20. The maximum Gasteiger partial charge on any atom is 0.0678 e. The van der Waals surface area contributed by atoms with Gasteiger partial charge in [-0.3, -0.25) is 0 Å². The molecule has 0 amide bonds. The Morgan fingerprint density at radius 3 is 2.87 bits per heavy atom. The zero-order valence-electron chi connectivity index (χ0n) is 8.24. The highest BCUT2D eigenvalue weighted by molar-refractivity contribution is 9.10. The second kappa shape index (κ2) is 4.37. The Labute approximate surface area is 102 Å². The Kier molecular flexibility index (Phi) is 3.12. The van der Waals surface area contributed by atoms with E-state index >= 15 is 0 Å². The third-order valence-corrected chi connectivity index (χ3v) is 2.94. The lowest BCUT2D eigenvalue weighted by molar-refractivity contribution is 0.871. The molecule has 0 aliphatic rings. The van der Waals surface area contributed by atoms with Gasteiger partial charge in [0.2, 0.25) is 0 Å². The second-order valence-electron chi connectivity index (χ2n) is 3.36. The molecule has 2 rings (SSSR count). The Morgan fingerprint density at radius 1 is 1.47 bits per heavy atom. The first-order valence-corrected chi connectivity index (χ1v) is 5.89. The van der Waals surface area contributed by atoms with Crippen molar-refractivity contribution in [2.45, 2.75) is 12.8 Å². The number of benzene rings is 1. The Bertz CT molecular complexity index is 479. The molecular weight excluding hydrogens is 275 g/mol. The number of nitrogens with zero attached hydrogens (tertiary/aromatic N) is 2. The SMILES string of the molecule is Cc1ccc(CCl)cc1-n1cc(Br)cn1. The zero-order chi connectivity index (χ0) is 10.8. The Hall–Kier alpha value is -0.800. The van der Waals surface area contributed by atoms with Gasteiger partial charge in [-0.05, 0) is 40.0 Å². The van der Waals surface area contributed by atoms with Gasteiger partial charge in [-0.25, -0.2) is 4.68 Å². The van der Waals surface area contributed by atoms with Crippen molar-refractivity contribution in [3.05, 3.63) is 46.2 Å². The molecule has 1 aromatic heterocycles. The predicted molar refractivity (Wildman–Crippen MR) is 65.6 cm³/mol. The van der Waals surface area contributed by atoms with E-state index in [1.54, 1.807) is 6.20 Å². The molecule has 0 N–H and O–H groups in total. The fraction of sp³-hybridized carbons (Fsp3) is 0.182. The van der Waals surface area contributed by atoms with E-state index in [1.165, 1.54) is 5.56 Å². The standard InChI is InChI=1S/C11H10BrClN2/c1-8-2-3-9(5-13)4-11(8)15-7-10(12)6-14-15/h2-4,6-7H,5H2,1H3. The normalized spacial score (nSPS) is 10.6. The van der Waals surface area contributed by atoms with E-state index < -0.39 is 0 Å². The molecular formula is C11H10BrClN2. The van der Waals surface area contributed by atoms with Crippen LogP contribution in [0.2, 0.25) is 0 Å². The molecule has 0 saturated heterocycles. The maximum absolute atomic E-state index is 5.80. The number of aryl methyl sites for hydroxylation is 1. The predicted octanol–water partition coefficient (Wildman–Crippen LogP) is 3.68. The monoisotopic (exact) mass is 284 g/mol. The van der Waals surface area contributed by atoms with Gasteiger partial charge in [0.05, 0.1) is 16.4 Å². The molecule has 1 heterocycles. The minimum atomic E-state index is 0.524. The van der Waals surface area contributed by atoms with Crippen LogP contribution < -0.4 is 0 Å². The van der Waals surface area contributed by atoms with Crippen LogP contribution in [-0.2, 0) is 5.88 Å². The number of hydrogen-bond acceptors (Lipinski definition) is 1. The highest BCUT2D eigenvalue weighted by Crippen LogP contribution is 2.18. The van der Waals surface area contributed by atoms with Gasteiger partial charge >= 0.3 is 0 Å². The van der Waals surface area contributed by atoms with Crippen LogP contribution in [0.15, 0.2) is 35.1 Å². The van der Waals surface area contributed by atoms with E-state index in [-0.39, 0.29) is 0 Å². The van der Waals surface area contributed by atoms with E-state index in [1.807, 2.05) is 16.9 Å². The van der Waals surface area contributed by atoms with E-state index in [0.29, 0.717) is 5.88 Å². The van der Waals surface area contributed by atoms with Crippen LogP contribution in [0.25, 0.3) is 5.69 Å². The van der Waals surface area contributed by atoms with E-state index in [4.69, 9.17) is 11.6 Å². The highest BCUT2D eigenvalue weighted by Gasteiger charge is 2.03. The van der Waals surface area contributed by atoms with Crippen molar-refractivity contribution in [1.82, 2.24) is 9.78 Å². The summed E-state index contributed by atoms with van der Waals surface area (Å²) in [7, 11) is 0. The average molecular weight is 286 g/mol. The van der Waals surface area contributed by atoms with Crippen molar-refractivity contribution >= 4 is 27.5 Å². The lowest BCUT2D eigenvalue weighted by atomic mass is 10.1. The van der Waals surface area contributed by atoms with Gasteiger partial charge in [-0.1, -0.05) is 12.1 Å².